The zero-order valence-corrected chi connectivity index (χ0v) is 7.91. The van der Waals surface area contributed by atoms with Crippen LogP contribution in [0.4, 0.5) is 10.1 Å². The highest BCUT2D eigenvalue weighted by molar-refractivity contribution is 5.60. The molecule has 2 rings (SSSR count). The van der Waals surface area contributed by atoms with Gasteiger partial charge in [-0.25, -0.2) is 4.98 Å². The molecule has 0 aliphatic carbocycles. The van der Waals surface area contributed by atoms with Crippen molar-refractivity contribution in [3.05, 3.63) is 23.9 Å². The molecular formula is C9H10FN3O. The van der Waals surface area contributed by atoms with E-state index in [0.717, 1.165) is 5.69 Å². The molecule has 0 fully saturated rings. The van der Waals surface area contributed by atoms with Crippen molar-refractivity contribution in [2.75, 3.05) is 12.8 Å². The number of nitrogen functional groups attached to an aromatic ring is 1. The van der Waals surface area contributed by atoms with Crippen LogP contribution in [0.1, 0.15) is 5.69 Å². The number of imidazole rings is 1. The van der Waals surface area contributed by atoms with Crippen LogP contribution in [0, 0.1) is 12.7 Å². The van der Waals surface area contributed by atoms with Gasteiger partial charge in [0, 0.05) is 12.4 Å². The second kappa shape index (κ2) is 2.87. The number of nitrogens with two attached hydrogens (primary N) is 1. The third kappa shape index (κ3) is 1.09. The minimum absolute atomic E-state index is 0.0445. The van der Waals surface area contributed by atoms with Crippen molar-refractivity contribution in [3.8, 4) is 5.75 Å². The zero-order valence-electron chi connectivity index (χ0n) is 7.91. The van der Waals surface area contributed by atoms with Gasteiger partial charge in [-0.1, -0.05) is 0 Å². The molecule has 74 valence electrons. The predicted octanol–water partition coefficient (Wildman–Crippen LogP) is 1.37. The zero-order chi connectivity index (χ0) is 10.3. The first-order valence-electron chi connectivity index (χ1n) is 4.10. The van der Waals surface area contributed by atoms with Gasteiger partial charge in [-0.05, 0) is 6.92 Å². The standard InChI is InChI=1S/C9H10FN3O/c1-5-3-13-4-6(11)8(14-2)7(10)9(13)12-5/h3-4H,11H2,1-2H3. The van der Waals surface area contributed by atoms with E-state index >= 15 is 0 Å². The summed E-state index contributed by atoms with van der Waals surface area (Å²) < 4.78 is 20.0. The van der Waals surface area contributed by atoms with Gasteiger partial charge in [-0.3, -0.25) is 0 Å². The number of aromatic nitrogens is 2. The van der Waals surface area contributed by atoms with E-state index in [1.54, 1.807) is 23.7 Å². The highest BCUT2D eigenvalue weighted by Crippen LogP contribution is 2.27. The van der Waals surface area contributed by atoms with E-state index in [1.165, 1.54) is 7.11 Å². The maximum absolute atomic E-state index is 13.7. The number of anilines is 1. The lowest BCUT2D eigenvalue weighted by atomic mass is 10.3. The monoisotopic (exact) mass is 195 g/mol. The molecule has 0 bridgehead atoms. The number of pyridine rings is 1. The first-order chi connectivity index (χ1) is 6.63. The van der Waals surface area contributed by atoms with Crippen molar-refractivity contribution >= 4 is 11.3 Å². The Morgan fingerprint density at radius 3 is 2.86 bits per heavy atom. The van der Waals surface area contributed by atoms with Crippen LogP contribution < -0.4 is 10.5 Å². The minimum atomic E-state index is -0.527. The maximum Gasteiger partial charge on any atom is 0.210 e. The number of aryl methyl sites for hydroxylation is 1. The van der Waals surface area contributed by atoms with E-state index in [1.807, 2.05) is 0 Å². The van der Waals surface area contributed by atoms with Gasteiger partial charge in [-0.15, -0.1) is 0 Å². The lowest BCUT2D eigenvalue weighted by molar-refractivity contribution is 0.389. The van der Waals surface area contributed by atoms with E-state index in [0.29, 0.717) is 0 Å². The molecule has 2 heterocycles. The average molecular weight is 195 g/mol. The molecule has 0 amide bonds. The lowest BCUT2D eigenvalue weighted by Gasteiger charge is -2.06. The number of halogens is 1. The maximum atomic E-state index is 13.7. The molecule has 0 spiro atoms. The summed E-state index contributed by atoms with van der Waals surface area (Å²) in [6, 6.07) is 0. The van der Waals surface area contributed by atoms with Crippen molar-refractivity contribution in [2.24, 2.45) is 0 Å². The van der Waals surface area contributed by atoms with Gasteiger partial charge in [-0.2, -0.15) is 4.39 Å². The van der Waals surface area contributed by atoms with Gasteiger partial charge < -0.3 is 14.9 Å². The number of hydrogen-bond acceptors (Lipinski definition) is 3. The van der Waals surface area contributed by atoms with Crippen molar-refractivity contribution in [2.45, 2.75) is 6.92 Å². The van der Waals surface area contributed by atoms with Crippen LogP contribution in [0.3, 0.4) is 0 Å². The van der Waals surface area contributed by atoms with E-state index in [4.69, 9.17) is 10.5 Å². The van der Waals surface area contributed by atoms with Crippen molar-refractivity contribution in [3.63, 3.8) is 0 Å². The molecule has 0 aliphatic rings. The topological polar surface area (TPSA) is 52.5 Å². The third-order valence-corrected chi connectivity index (χ3v) is 1.99. The molecule has 4 nitrogen and oxygen atoms in total. The molecule has 0 saturated heterocycles. The molecule has 0 unspecified atom stereocenters. The van der Waals surface area contributed by atoms with E-state index in [2.05, 4.69) is 4.98 Å². The fourth-order valence-corrected chi connectivity index (χ4v) is 1.42. The van der Waals surface area contributed by atoms with Gasteiger partial charge in [0.2, 0.25) is 5.82 Å². The van der Waals surface area contributed by atoms with E-state index in [9.17, 15) is 4.39 Å². The first kappa shape index (κ1) is 8.80. The summed E-state index contributed by atoms with van der Waals surface area (Å²) in [5.74, 6) is -0.483. The summed E-state index contributed by atoms with van der Waals surface area (Å²) in [5.41, 5.74) is 6.82. The summed E-state index contributed by atoms with van der Waals surface area (Å²) in [5, 5.41) is 0. The number of methoxy groups -OCH3 is 1. The smallest absolute Gasteiger partial charge is 0.210 e. The highest BCUT2D eigenvalue weighted by atomic mass is 19.1. The molecule has 2 aromatic heterocycles. The van der Waals surface area contributed by atoms with Crippen molar-refractivity contribution < 1.29 is 9.13 Å². The quantitative estimate of drug-likeness (QED) is 0.747. The van der Waals surface area contributed by atoms with Gasteiger partial charge in [0.25, 0.3) is 0 Å². The normalized spacial score (nSPS) is 10.8. The number of rotatable bonds is 1. The summed E-state index contributed by atoms with van der Waals surface area (Å²) in [4.78, 5) is 4.01. The highest BCUT2D eigenvalue weighted by Gasteiger charge is 2.14. The molecule has 0 aliphatic heterocycles. The predicted molar refractivity (Wildman–Crippen MR) is 50.9 cm³/mol. The number of hydrogen-bond donors (Lipinski definition) is 1. The van der Waals surface area contributed by atoms with E-state index in [-0.39, 0.29) is 17.1 Å². The Morgan fingerprint density at radius 1 is 1.50 bits per heavy atom. The molecular weight excluding hydrogens is 185 g/mol. The van der Waals surface area contributed by atoms with E-state index < -0.39 is 5.82 Å². The van der Waals surface area contributed by atoms with Crippen LogP contribution in [0.5, 0.6) is 5.75 Å². The summed E-state index contributed by atoms with van der Waals surface area (Å²) >= 11 is 0. The van der Waals surface area contributed by atoms with Crippen LogP contribution in [0.15, 0.2) is 12.4 Å². The minimum Gasteiger partial charge on any atom is -0.491 e. The lowest BCUT2D eigenvalue weighted by Crippen LogP contribution is -1.99. The Bertz CT molecular complexity index is 492. The molecule has 5 heteroatoms. The fourth-order valence-electron chi connectivity index (χ4n) is 1.42. The molecule has 2 aromatic rings. The van der Waals surface area contributed by atoms with Crippen molar-refractivity contribution in [1.29, 1.82) is 0 Å². The second-order valence-electron chi connectivity index (χ2n) is 3.04. The summed E-state index contributed by atoms with van der Waals surface area (Å²) in [6.07, 6.45) is 3.28. The van der Waals surface area contributed by atoms with Gasteiger partial charge in [0.05, 0.1) is 18.5 Å². The fraction of sp³-hybridized carbons (Fsp3) is 0.222. The SMILES string of the molecule is COc1c(N)cn2cc(C)nc2c1F. The summed E-state index contributed by atoms with van der Waals surface area (Å²) in [6.45, 7) is 1.79. The molecule has 0 aromatic carbocycles. The first-order valence-corrected chi connectivity index (χ1v) is 4.10. The molecule has 0 atom stereocenters. The third-order valence-electron chi connectivity index (χ3n) is 1.99. The van der Waals surface area contributed by atoms with Gasteiger partial charge in [0.15, 0.2) is 11.4 Å². The summed E-state index contributed by atoms with van der Waals surface area (Å²) in [7, 11) is 1.38. The largest absolute Gasteiger partial charge is 0.491 e. The number of ether oxygens (including phenoxy) is 1. The Labute approximate surface area is 80.1 Å². The van der Waals surface area contributed by atoms with Gasteiger partial charge in [0.1, 0.15) is 0 Å². The molecule has 2 N–H and O–H groups in total. The Balaban J connectivity index is 2.84. The van der Waals surface area contributed by atoms with Crippen LogP contribution in [-0.2, 0) is 0 Å². The van der Waals surface area contributed by atoms with Crippen molar-refractivity contribution in [1.82, 2.24) is 9.38 Å². The molecule has 14 heavy (non-hydrogen) atoms. The van der Waals surface area contributed by atoms with Crippen LogP contribution in [0.2, 0.25) is 0 Å². The Kier molecular flexibility index (Phi) is 1.80. The number of fused-ring (bicyclic) bond motifs is 1. The molecule has 0 saturated carbocycles. The average Bonchev–Trinajstić information content (AvgIpc) is 2.47. The number of nitrogens with zero attached hydrogens (tertiary/aromatic N) is 2. The Hall–Kier alpha value is -1.78. The van der Waals surface area contributed by atoms with Crippen LogP contribution >= 0.6 is 0 Å². The second-order valence-corrected chi connectivity index (χ2v) is 3.04. The van der Waals surface area contributed by atoms with Crippen LogP contribution in [0.25, 0.3) is 5.65 Å². The van der Waals surface area contributed by atoms with Crippen LogP contribution in [-0.4, -0.2) is 16.5 Å². The van der Waals surface area contributed by atoms with Gasteiger partial charge >= 0.3 is 0 Å². The molecule has 0 radical (unpaired) electrons. The Morgan fingerprint density at radius 2 is 2.21 bits per heavy atom.